The number of aryl methyl sites for hydroxylation is 2. The van der Waals surface area contributed by atoms with E-state index in [0.717, 1.165) is 37.0 Å². The average molecular weight is 991 g/mol. The number of nitrogens with one attached hydrogen (secondary N) is 3. The SMILES string of the molecule is CN(CC=O)C(=O)OC(C)(C)C.CNC(=O)C1CC(NC(=O)CCOCCOCCOCCOCCC=O)CN1C(=O)C(NC)C1CCCCC1.CON1C(=O)CCC1=O.c1ccc2c(c1)CCCC2. The van der Waals surface area contributed by atoms with Crippen LogP contribution >= 0.6 is 0 Å². The van der Waals surface area contributed by atoms with Crippen LogP contribution in [0.25, 0.3) is 0 Å². The number of likely N-dealkylation sites (tertiary alicyclic amines) is 1. The van der Waals surface area contributed by atoms with E-state index in [9.17, 15) is 38.4 Å². The molecule has 2 aliphatic carbocycles. The molecule has 4 aliphatic rings. The van der Waals surface area contributed by atoms with Crippen molar-refractivity contribution in [2.24, 2.45) is 5.92 Å². The number of fused-ring (bicyclic) bond motifs is 1. The number of ether oxygens (including phenoxy) is 5. The molecule has 1 aromatic carbocycles. The highest BCUT2D eigenvalue weighted by molar-refractivity contribution is 6.00. The summed E-state index contributed by atoms with van der Waals surface area (Å²) in [5.74, 6) is -0.679. The molecular weight excluding hydrogens is 909 g/mol. The number of amides is 6. The standard InChI is InChI=1S/C27H48N4O8.C10H12.C8H15NO3.C5H7NO3/c1-28-25(21-7-4-3-5-8-21)27(35)31-20-22(19-23(31)26(34)29-2)30-24(33)9-12-37-14-16-39-18-17-38-15-13-36-11-6-10-32;1-2-6-10-8-4-3-7-9(10)5-1;1-8(2,3)12-7(11)9(4)5-6-10;1-9-6-4(7)2-3-5(6)8/h10,21-23,25,28H,3-9,11-20H2,1-2H3,(H,29,34)(H,30,33);1-2,5-6H,3-4,7-8H2;6H,5H2,1-4H3;2-3H2,1H3. The molecule has 3 fully saturated rings. The Hall–Kier alpha value is -4.86. The molecule has 1 saturated carbocycles. The number of hydroxylamine groups is 2. The van der Waals surface area contributed by atoms with Crippen molar-refractivity contribution in [3.05, 3.63) is 35.4 Å². The van der Waals surface area contributed by atoms with Crippen LogP contribution in [0.2, 0.25) is 0 Å². The van der Waals surface area contributed by atoms with Gasteiger partial charge in [0.05, 0.1) is 72.6 Å². The molecule has 3 N–H and O–H groups in total. The first-order valence-corrected chi connectivity index (χ1v) is 24.7. The van der Waals surface area contributed by atoms with Gasteiger partial charge in [0.1, 0.15) is 24.2 Å². The zero-order chi connectivity index (χ0) is 51.7. The van der Waals surface area contributed by atoms with Crippen molar-refractivity contribution in [2.75, 3.05) is 94.2 Å². The Labute approximate surface area is 414 Å². The van der Waals surface area contributed by atoms with E-state index >= 15 is 0 Å². The number of carbonyl (C=O) groups is 8. The number of nitrogens with zero attached hydrogens (tertiary/aromatic N) is 3. The lowest BCUT2D eigenvalue weighted by Gasteiger charge is -2.33. The van der Waals surface area contributed by atoms with Gasteiger partial charge in [-0.3, -0.25) is 28.8 Å². The van der Waals surface area contributed by atoms with Gasteiger partial charge in [0.15, 0.2) is 0 Å². The van der Waals surface area contributed by atoms with Crippen molar-refractivity contribution in [1.29, 1.82) is 0 Å². The van der Waals surface area contributed by atoms with Crippen LogP contribution in [0, 0.1) is 5.92 Å². The molecular formula is C50H82N6O14. The van der Waals surface area contributed by atoms with Crippen molar-refractivity contribution in [3.8, 4) is 0 Å². The normalized spacial score (nSPS) is 18.1. The van der Waals surface area contributed by atoms with E-state index in [-0.39, 0.29) is 80.0 Å². The van der Waals surface area contributed by atoms with Gasteiger partial charge in [-0.25, -0.2) is 4.79 Å². The van der Waals surface area contributed by atoms with Gasteiger partial charge in [0.25, 0.3) is 11.8 Å². The smallest absolute Gasteiger partial charge is 0.410 e. The third kappa shape index (κ3) is 24.3. The molecule has 20 nitrogen and oxygen atoms in total. The minimum Gasteiger partial charge on any atom is -0.444 e. The summed E-state index contributed by atoms with van der Waals surface area (Å²) in [4.78, 5) is 98.4. The number of carbonyl (C=O) groups excluding carboxylic acids is 8. The maximum absolute atomic E-state index is 13.5. The fourth-order valence-electron chi connectivity index (χ4n) is 8.13. The van der Waals surface area contributed by atoms with E-state index in [1.807, 2.05) is 0 Å². The van der Waals surface area contributed by atoms with Crippen molar-refractivity contribution < 1.29 is 66.9 Å². The first kappa shape index (κ1) is 61.3. The van der Waals surface area contributed by atoms with Crippen molar-refractivity contribution in [1.82, 2.24) is 30.8 Å². The average Bonchev–Trinajstić information content (AvgIpc) is 3.92. The van der Waals surface area contributed by atoms with Crippen LogP contribution in [0.1, 0.15) is 109 Å². The van der Waals surface area contributed by atoms with Crippen LogP contribution in [-0.2, 0) is 74.9 Å². The van der Waals surface area contributed by atoms with E-state index in [2.05, 4.69) is 45.1 Å². The molecule has 20 heteroatoms. The first-order chi connectivity index (χ1) is 33.6. The molecule has 0 bridgehead atoms. The van der Waals surface area contributed by atoms with Gasteiger partial charge in [-0.05, 0) is 89.8 Å². The molecule has 5 rings (SSSR count). The van der Waals surface area contributed by atoms with Crippen molar-refractivity contribution in [2.45, 2.75) is 134 Å². The second-order valence-corrected chi connectivity index (χ2v) is 18.2. The summed E-state index contributed by atoms with van der Waals surface area (Å²) in [6, 6.07) is 7.60. The summed E-state index contributed by atoms with van der Waals surface area (Å²) in [5, 5.41) is 9.61. The summed E-state index contributed by atoms with van der Waals surface area (Å²) in [7, 11) is 6.19. The fourth-order valence-corrected chi connectivity index (χ4v) is 8.13. The summed E-state index contributed by atoms with van der Waals surface area (Å²) in [6.07, 6.45) is 13.4. The number of imide groups is 1. The second-order valence-electron chi connectivity index (χ2n) is 18.2. The zero-order valence-electron chi connectivity index (χ0n) is 42.8. The van der Waals surface area contributed by atoms with Gasteiger partial charge in [-0.2, -0.15) is 5.06 Å². The van der Waals surface area contributed by atoms with Crippen LogP contribution < -0.4 is 16.0 Å². The van der Waals surface area contributed by atoms with E-state index in [0.29, 0.717) is 71.9 Å². The first-order valence-electron chi connectivity index (χ1n) is 24.7. The Bertz CT molecular complexity index is 1700. The molecule has 2 aliphatic heterocycles. The molecule has 396 valence electrons. The highest BCUT2D eigenvalue weighted by Gasteiger charge is 2.43. The predicted octanol–water partition coefficient (Wildman–Crippen LogP) is 3.35. The van der Waals surface area contributed by atoms with Crippen molar-refractivity contribution in [3.63, 3.8) is 0 Å². The second kappa shape index (κ2) is 35.3. The molecule has 3 unspecified atom stereocenters. The Morgan fingerprint density at radius 2 is 1.31 bits per heavy atom. The van der Waals surface area contributed by atoms with Crippen molar-refractivity contribution >= 4 is 48.2 Å². The van der Waals surface area contributed by atoms with E-state index in [1.54, 1.807) is 50.9 Å². The molecule has 3 atom stereocenters. The molecule has 2 saturated heterocycles. The van der Waals surface area contributed by atoms with Crippen LogP contribution in [0.3, 0.4) is 0 Å². The number of hydrogen-bond donors (Lipinski definition) is 3. The summed E-state index contributed by atoms with van der Waals surface area (Å²) in [5.41, 5.74) is 2.65. The molecule has 6 amide bonds. The Morgan fingerprint density at radius 3 is 1.79 bits per heavy atom. The van der Waals surface area contributed by atoms with Gasteiger partial charge in [0.2, 0.25) is 17.7 Å². The van der Waals surface area contributed by atoms with Crippen LogP contribution in [0.5, 0.6) is 0 Å². The Balaban J connectivity index is 0.000000429. The van der Waals surface area contributed by atoms with E-state index in [4.69, 9.17) is 23.7 Å². The third-order valence-corrected chi connectivity index (χ3v) is 11.7. The van der Waals surface area contributed by atoms with Gasteiger partial charge < -0.3 is 59.0 Å². The summed E-state index contributed by atoms with van der Waals surface area (Å²) >= 11 is 0. The van der Waals surface area contributed by atoms with Gasteiger partial charge in [-0.1, -0.05) is 43.5 Å². The number of rotatable bonds is 23. The minimum absolute atomic E-state index is 0.0635. The number of hydrogen-bond acceptors (Lipinski definition) is 15. The zero-order valence-corrected chi connectivity index (χ0v) is 42.8. The predicted molar refractivity (Wildman–Crippen MR) is 260 cm³/mol. The van der Waals surface area contributed by atoms with E-state index < -0.39 is 17.7 Å². The quantitative estimate of drug-likeness (QED) is 0.0810. The van der Waals surface area contributed by atoms with E-state index in [1.165, 1.54) is 51.2 Å². The summed E-state index contributed by atoms with van der Waals surface area (Å²) in [6.45, 7) is 8.87. The molecule has 0 spiro atoms. The largest absolute Gasteiger partial charge is 0.444 e. The fraction of sp³-hybridized carbons (Fsp3) is 0.720. The number of aldehydes is 2. The van der Waals surface area contributed by atoms with Crippen LogP contribution in [0.15, 0.2) is 24.3 Å². The highest BCUT2D eigenvalue weighted by atomic mass is 16.7. The topological polar surface area (TPSA) is 238 Å². The number of likely N-dealkylation sites (N-methyl/N-ethyl adjacent to an activating group) is 3. The lowest BCUT2D eigenvalue weighted by Crippen LogP contribution is -2.54. The van der Waals surface area contributed by atoms with Gasteiger partial charge >= 0.3 is 6.09 Å². The lowest BCUT2D eigenvalue weighted by atomic mass is 9.83. The number of benzene rings is 1. The minimum atomic E-state index is -0.598. The lowest BCUT2D eigenvalue weighted by molar-refractivity contribution is -0.179. The Kier molecular flexibility index (Phi) is 30.9. The molecule has 2 heterocycles. The summed E-state index contributed by atoms with van der Waals surface area (Å²) < 4.78 is 26.4. The molecule has 70 heavy (non-hydrogen) atoms. The van der Waals surface area contributed by atoms with Crippen LogP contribution in [-0.4, -0.2) is 181 Å². The Morgan fingerprint density at radius 1 is 0.771 bits per heavy atom. The van der Waals surface area contributed by atoms with Gasteiger partial charge in [-0.15, -0.1) is 0 Å². The highest BCUT2D eigenvalue weighted by Crippen LogP contribution is 2.29. The maximum Gasteiger partial charge on any atom is 0.410 e. The molecule has 0 aromatic heterocycles. The molecule has 1 aromatic rings. The van der Waals surface area contributed by atoms with Gasteiger partial charge in [0, 0.05) is 52.4 Å². The third-order valence-electron chi connectivity index (χ3n) is 11.7. The maximum atomic E-state index is 13.5. The monoisotopic (exact) mass is 991 g/mol. The van der Waals surface area contributed by atoms with Crippen LogP contribution in [0.4, 0.5) is 4.79 Å². The molecule has 0 radical (unpaired) electrons.